The monoisotopic (exact) mass is 283 g/mol. The number of aliphatic hydroxyl groups excluding tert-OH is 1. The highest BCUT2D eigenvalue weighted by molar-refractivity contribution is 5.80. The van der Waals surface area contributed by atoms with Gasteiger partial charge >= 0.3 is 0 Å². The second kappa shape index (κ2) is 5.53. The number of piperidine rings is 1. The molecule has 2 atom stereocenters. The number of aliphatic imine (C=N–C) groups is 1. The second-order valence-electron chi connectivity index (χ2n) is 6.82. The lowest BCUT2D eigenvalue weighted by atomic mass is 9.56. The molecule has 0 bridgehead atoms. The highest BCUT2D eigenvalue weighted by Gasteiger charge is 2.58. The summed E-state index contributed by atoms with van der Waals surface area (Å²) in [5.74, 6) is 0.952. The van der Waals surface area contributed by atoms with E-state index in [2.05, 4.69) is 36.0 Å². The molecule has 2 fully saturated rings. The normalized spacial score (nSPS) is 34.8. The zero-order chi connectivity index (χ0) is 15.0. The molecule has 0 radical (unpaired) electrons. The van der Waals surface area contributed by atoms with E-state index < -0.39 is 0 Å². The first-order chi connectivity index (χ1) is 9.34. The van der Waals surface area contributed by atoms with Crippen LogP contribution in [0.15, 0.2) is 4.99 Å². The highest BCUT2D eigenvalue weighted by atomic mass is 16.5. The van der Waals surface area contributed by atoms with E-state index in [-0.39, 0.29) is 17.1 Å². The number of likely N-dealkylation sites (tertiary alicyclic amines) is 1. The van der Waals surface area contributed by atoms with Crippen LogP contribution in [0, 0.1) is 5.41 Å². The minimum Gasteiger partial charge on any atom is -0.393 e. The van der Waals surface area contributed by atoms with Crippen LogP contribution in [0.25, 0.3) is 0 Å². The molecular weight excluding hydrogens is 254 g/mol. The molecule has 0 amide bonds. The second-order valence-corrected chi connectivity index (χ2v) is 6.82. The third-order valence-corrected chi connectivity index (χ3v) is 5.56. The number of hydrogen-bond donors (Lipinski definition) is 2. The first-order valence-corrected chi connectivity index (χ1v) is 7.55. The van der Waals surface area contributed by atoms with Gasteiger partial charge in [-0.05, 0) is 26.2 Å². The Morgan fingerprint density at radius 1 is 1.30 bits per heavy atom. The quantitative estimate of drug-likeness (QED) is 0.591. The summed E-state index contributed by atoms with van der Waals surface area (Å²) in [6.07, 6.45) is 2.49. The topological polar surface area (TPSA) is 57.1 Å². The molecule has 20 heavy (non-hydrogen) atoms. The Morgan fingerprint density at radius 2 is 1.90 bits per heavy atom. The molecule has 116 valence electrons. The Balaban J connectivity index is 1.96. The molecule has 1 aliphatic heterocycles. The van der Waals surface area contributed by atoms with Crippen molar-refractivity contribution in [2.75, 3.05) is 27.2 Å². The van der Waals surface area contributed by atoms with Crippen LogP contribution >= 0.6 is 0 Å². The van der Waals surface area contributed by atoms with Crippen LogP contribution in [-0.4, -0.2) is 61.0 Å². The van der Waals surface area contributed by atoms with Crippen LogP contribution in [0.5, 0.6) is 0 Å². The zero-order valence-corrected chi connectivity index (χ0v) is 13.4. The molecule has 2 N–H and O–H groups in total. The van der Waals surface area contributed by atoms with Crippen molar-refractivity contribution in [1.29, 1.82) is 0 Å². The maximum Gasteiger partial charge on any atom is 0.193 e. The van der Waals surface area contributed by atoms with Crippen LogP contribution < -0.4 is 5.32 Å². The van der Waals surface area contributed by atoms with Gasteiger partial charge in [0, 0.05) is 38.7 Å². The van der Waals surface area contributed by atoms with E-state index in [0.29, 0.717) is 6.04 Å². The summed E-state index contributed by atoms with van der Waals surface area (Å²) in [6.45, 7) is 8.39. The number of aliphatic hydroxyl groups is 1. The summed E-state index contributed by atoms with van der Waals surface area (Å²) in [5.41, 5.74) is 0.00853. The van der Waals surface area contributed by atoms with Gasteiger partial charge in [0.25, 0.3) is 0 Å². The van der Waals surface area contributed by atoms with Gasteiger partial charge in [-0.3, -0.25) is 4.99 Å². The number of nitrogens with one attached hydrogen (secondary N) is 1. The van der Waals surface area contributed by atoms with Crippen molar-refractivity contribution in [3.63, 3.8) is 0 Å². The minimum absolute atomic E-state index is 0.0678. The van der Waals surface area contributed by atoms with Crippen molar-refractivity contribution in [2.24, 2.45) is 10.4 Å². The van der Waals surface area contributed by atoms with E-state index >= 15 is 0 Å². The standard InChI is InChI=1S/C15H29N3O2/c1-14(2)12(10-15(14,3)20-5)17-13(16-4)18-8-6-11(19)7-9-18/h11-12,19H,6-10H2,1-5H3,(H,16,17). The molecule has 0 spiro atoms. The van der Waals surface area contributed by atoms with Gasteiger partial charge in [-0.25, -0.2) is 0 Å². The van der Waals surface area contributed by atoms with Gasteiger partial charge in [0.1, 0.15) is 0 Å². The summed E-state index contributed by atoms with van der Waals surface area (Å²) in [7, 11) is 3.62. The molecule has 5 heteroatoms. The van der Waals surface area contributed by atoms with Crippen LogP contribution in [0.2, 0.25) is 0 Å². The summed E-state index contributed by atoms with van der Waals surface area (Å²) in [4.78, 5) is 6.65. The van der Waals surface area contributed by atoms with Gasteiger partial charge in [0.2, 0.25) is 0 Å². The first kappa shape index (κ1) is 15.6. The largest absolute Gasteiger partial charge is 0.393 e. The average Bonchev–Trinajstić information content (AvgIpc) is 2.44. The van der Waals surface area contributed by atoms with E-state index in [1.54, 1.807) is 7.11 Å². The molecular formula is C15H29N3O2. The number of guanidine groups is 1. The van der Waals surface area contributed by atoms with Gasteiger partial charge in [-0.1, -0.05) is 13.8 Å². The molecule has 0 aromatic carbocycles. The fourth-order valence-corrected chi connectivity index (χ4v) is 3.25. The smallest absolute Gasteiger partial charge is 0.193 e. The number of ether oxygens (including phenoxy) is 1. The van der Waals surface area contributed by atoms with Gasteiger partial charge in [0.15, 0.2) is 5.96 Å². The van der Waals surface area contributed by atoms with E-state index in [1.165, 1.54) is 0 Å². The van der Waals surface area contributed by atoms with Gasteiger partial charge in [-0.15, -0.1) is 0 Å². The Hall–Kier alpha value is -0.810. The Morgan fingerprint density at radius 3 is 2.35 bits per heavy atom. The third-order valence-electron chi connectivity index (χ3n) is 5.56. The highest BCUT2D eigenvalue weighted by Crippen LogP contribution is 2.51. The molecule has 2 rings (SSSR count). The summed E-state index contributed by atoms with van der Waals surface area (Å²) < 4.78 is 5.67. The lowest BCUT2D eigenvalue weighted by molar-refractivity contribution is -0.177. The SMILES string of the molecule is CN=C(NC1CC(C)(OC)C1(C)C)N1CCC(O)CC1. The van der Waals surface area contributed by atoms with Crippen molar-refractivity contribution in [3.05, 3.63) is 0 Å². The van der Waals surface area contributed by atoms with E-state index in [1.807, 2.05) is 7.05 Å². The van der Waals surface area contributed by atoms with E-state index in [0.717, 1.165) is 38.3 Å². The van der Waals surface area contributed by atoms with Crippen LogP contribution in [0.1, 0.15) is 40.0 Å². The fourth-order valence-electron chi connectivity index (χ4n) is 3.25. The Labute approximate surface area is 122 Å². The number of nitrogens with zero attached hydrogens (tertiary/aromatic N) is 2. The first-order valence-electron chi connectivity index (χ1n) is 7.55. The maximum atomic E-state index is 9.60. The predicted molar refractivity (Wildman–Crippen MR) is 80.9 cm³/mol. The zero-order valence-electron chi connectivity index (χ0n) is 13.4. The lowest BCUT2D eigenvalue weighted by Gasteiger charge is -2.59. The molecule has 1 saturated heterocycles. The van der Waals surface area contributed by atoms with Crippen LogP contribution in [-0.2, 0) is 4.74 Å². The Kier molecular flexibility index (Phi) is 4.30. The number of rotatable bonds is 2. The molecule has 1 saturated carbocycles. The number of methoxy groups -OCH3 is 1. The average molecular weight is 283 g/mol. The third kappa shape index (κ3) is 2.53. The van der Waals surface area contributed by atoms with Gasteiger partial charge in [0.05, 0.1) is 11.7 Å². The summed E-state index contributed by atoms with van der Waals surface area (Å²) in [6, 6.07) is 0.373. The molecule has 0 aromatic rings. The molecule has 2 unspecified atom stereocenters. The van der Waals surface area contributed by atoms with Gasteiger partial charge < -0.3 is 20.1 Å². The predicted octanol–water partition coefficient (Wildman–Crippen LogP) is 1.22. The van der Waals surface area contributed by atoms with Gasteiger partial charge in [-0.2, -0.15) is 0 Å². The van der Waals surface area contributed by atoms with Crippen LogP contribution in [0.3, 0.4) is 0 Å². The van der Waals surface area contributed by atoms with E-state index in [9.17, 15) is 5.11 Å². The van der Waals surface area contributed by atoms with Crippen molar-refractivity contribution in [1.82, 2.24) is 10.2 Å². The van der Waals surface area contributed by atoms with E-state index in [4.69, 9.17) is 4.74 Å². The summed E-state index contributed by atoms with van der Waals surface area (Å²) in [5, 5.41) is 13.2. The Bertz CT molecular complexity index is 375. The molecule has 2 aliphatic rings. The maximum absolute atomic E-state index is 9.60. The molecule has 5 nitrogen and oxygen atoms in total. The molecule has 0 aromatic heterocycles. The fraction of sp³-hybridized carbons (Fsp3) is 0.933. The minimum atomic E-state index is -0.152. The lowest BCUT2D eigenvalue weighted by Crippen LogP contribution is -2.69. The van der Waals surface area contributed by atoms with Crippen molar-refractivity contribution in [3.8, 4) is 0 Å². The van der Waals surface area contributed by atoms with Crippen molar-refractivity contribution >= 4 is 5.96 Å². The van der Waals surface area contributed by atoms with Crippen molar-refractivity contribution < 1.29 is 9.84 Å². The van der Waals surface area contributed by atoms with Crippen LogP contribution in [0.4, 0.5) is 0 Å². The van der Waals surface area contributed by atoms with Crippen molar-refractivity contribution in [2.45, 2.75) is 57.8 Å². The number of hydrogen-bond acceptors (Lipinski definition) is 3. The molecule has 1 heterocycles. The summed E-state index contributed by atoms with van der Waals surface area (Å²) >= 11 is 0. The molecule has 1 aliphatic carbocycles.